The number of nitrogens with one attached hydrogen (secondary N) is 2. The van der Waals surface area contributed by atoms with Crippen LogP contribution in [0.1, 0.15) is 18.5 Å². The van der Waals surface area contributed by atoms with Crippen LogP contribution in [0.25, 0.3) is 0 Å². The number of methoxy groups -OCH3 is 2. The van der Waals surface area contributed by atoms with E-state index >= 15 is 0 Å². The van der Waals surface area contributed by atoms with Gasteiger partial charge in [-0.3, -0.25) is 4.79 Å². The van der Waals surface area contributed by atoms with Gasteiger partial charge in [0.15, 0.2) is 11.5 Å². The van der Waals surface area contributed by atoms with E-state index in [1.807, 2.05) is 6.92 Å². The number of fused-ring (bicyclic) bond motifs is 1. The minimum absolute atomic E-state index is 0.0129. The van der Waals surface area contributed by atoms with Gasteiger partial charge >= 0.3 is 0 Å². The van der Waals surface area contributed by atoms with Crippen LogP contribution in [0.3, 0.4) is 0 Å². The third kappa shape index (κ3) is 3.41. The minimum Gasteiger partial charge on any atom is -0.504 e. The van der Waals surface area contributed by atoms with Gasteiger partial charge in [-0.15, -0.1) is 0 Å². The Labute approximate surface area is 173 Å². The number of benzene rings is 2. The van der Waals surface area contributed by atoms with Gasteiger partial charge in [0.1, 0.15) is 18.1 Å². The van der Waals surface area contributed by atoms with Crippen molar-refractivity contribution in [3.05, 3.63) is 65.6 Å². The number of allylic oxidation sites excluding steroid dienone is 1. The lowest BCUT2D eigenvalue weighted by Crippen LogP contribution is -2.31. The first-order valence-corrected chi connectivity index (χ1v) is 9.21. The molecule has 0 fully saturated rings. The van der Waals surface area contributed by atoms with Crippen molar-refractivity contribution in [3.8, 4) is 17.2 Å². The Morgan fingerprint density at radius 1 is 1.17 bits per heavy atom. The van der Waals surface area contributed by atoms with E-state index in [4.69, 9.17) is 9.47 Å². The van der Waals surface area contributed by atoms with Crippen molar-refractivity contribution >= 4 is 17.5 Å². The van der Waals surface area contributed by atoms with Gasteiger partial charge in [0.05, 0.1) is 19.8 Å². The topological polar surface area (TPSA) is 111 Å². The molecule has 1 aliphatic rings. The highest BCUT2D eigenvalue weighted by molar-refractivity contribution is 6.06. The molecule has 0 radical (unpaired) electrons. The SMILES string of the molecule is COc1ccc(NC(=O)C2=C(C)Nc3ncnn3[C@H]2c2ccc(O)c(OC)c2)cc1. The fourth-order valence-corrected chi connectivity index (χ4v) is 3.43. The lowest BCUT2D eigenvalue weighted by atomic mass is 9.94. The van der Waals surface area contributed by atoms with Crippen LogP contribution in [0.2, 0.25) is 0 Å². The predicted molar refractivity (Wildman–Crippen MR) is 111 cm³/mol. The Morgan fingerprint density at radius 2 is 1.93 bits per heavy atom. The summed E-state index contributed by atoms with van der Waals surface area (Å²) in [7, 11) is 3.06. The van der Waals surface area contributed by atoms with E-state index < -0.39 is 6.04 Å². The Kier molecular flexibility index (Phi) is 5.01. The van der Waals surface area contributed by atoms with E-state index in [2.05, 4.69) is 20.7 Å². The number of aromatic nitrogens is 3. The maximum Gasteiger partial charge on any atom is 0.255 e. The quantitative estimate of drug-likeness (QED) is 0.596. The Morgan fingerprint density at radius 3 is 2.63 bits per heavy atom. The second-order valence-electron chi connectivity index (χ2n) is 6.71. The molecule has 154 valence electrons. The van der Waals surface area contributed by atoms with Crippen molar-refractivity contribution in [3.63, 3.8) is 0 Å². The molecular formula is C21H21N5O4. The van der Waals surface area contributed by atoms with Gasteiger partial charge < -0.3 is 25.2 Å². The number of aromatic hydroxyl groups is 1. The summed E-state index contributed by atoms with van der Waals surface area (Å²) in [6.45, 7) is 1.81. The number of anilines is 2. The summed E-state index contributed by atoms with van der Waals surface area (Å²) in [5.41, 5.74) is 2.47. The van der Waals surface area contributed by atoms with Crippen molar-refractivity contribution in [1.82, 2.24) is 14.8 Å². The maximum absolute atomic E-state index is 13.3. The monoisotopic (exact) mass is 407 g/mol. The first kappa shape index (κ1) is 19.3. The second kappa shape index (κ2) is 7.78. The average molecular weight is 407 g/mol. The lowest BCUT2D eigenvalue weighted by molar-refractivity contribution is -0.113. The normalized spacial score (nSPS) is 15.2. The van der Waals surface area contributed by atoms with Gasteiger partial charge in [-0.25, -0.2) is 4.68 Å². The highest BCUT2D eigenvalue weighted by Gasteiger charge is 2.33. The summed E-state index contributed by atoms with van der Waals surface area (Å²) in [6.07, 6.45) is 1.42. The van der Waals surface area contributed by atoms with Crippen LogP contribution in [0.15, 0.2) is 60.1 Å². The maximum atomic E-state index is 13.3. The van der Waals surface area contributed by atoms with Crippen LogP contribution in [0, 0.1) is 0 Å². The van der Waals surface area contributed by atoms with Crippen LogP contribution >= 0.6 is 0 Å². The Hall–Kier alpha value is -4.01. The molecule has 30 heavy (non-hydrogen) atoms. The van der Waals surface area contributed by atoms with Gasteiger partial charge in [0.2, 0.25) is 5.95 Å². The minimum atomic E-state index is -0.559. The summed E-state index contributed by atoms with van der Waals surface area (Å²) < 4.78 is 12.0. The zero-order chi connectivity index (χ0) is 21.3. The van der Waals surface area contributed by atoms with Gasteiger partial charge in [-0.2, -0.15) is 10.1 Å². The van der Waals surface area contributed by atoms with E-state index in [1.54, 1.807) is 48.2 Å². The number of carbonyl (C=O) groups excluding carboxylic acids is 1. The summed E-state index contributed by atoms with van der Waals surface area (Å²) in [5, 5.41) is 20.3. The summed E-state index contributed by atoms with van der Waals surface area (Å²) in [6, 6.07) is 11.5. The van der Waals surface area contributed by atoms with E-state index in [1.165, 1.54) is 19.5 Å². The number of carbonyl (C=O) groups is 1. The predicted octanol–water partition coefficient (Wildman–Crippen LogP) is 2.93. The number of ether oxygens (including phenoxy) is 2. The molecule has 1 aliphatic heterocycles. The van der Waals surface area contributed by atoms with Gasteiger partial charge in [-0.1, -0.05) is 6.07 Å². The molecule has 0 saturated heterocycles. The van der Waals surface area contributed by atoms with Crippen molar-refractivity contribution in [2.45, 2.75) is 13.0 Å². The Bertz CT molecular complexity index is 1120. The number of phenols is 1. The summed E-state index contributed by atoms with van der Waals surface area (Å²) in [4.78, 5) is 17.5. The van der Waals surface area contributed by atoms with Gasteiger partial charge in [0.25, 0.3) is 5.91 Å². The molecule has 9 heteroatoms. The Balaban J connectivity index is 1.74. The molecule has 3 aromatic rings. The van der Waals surface area contributed by atoms with Crippen LogP contribution in [0.4, 0.5) is 11.6 Å². The average Bonchev–Trinajstić information content (AvgIpc) is 3.21. The van der Waals surface area contributed by atoms with Crippen LogP contribution in [0.5, 0.6) is 17.2 Å². The van der Waals surface area contributed by atoms with Crippen molar-refractivity contribution < 1.29 is 19.4 Å². The van der Waals surface area contributed by atoms with Crippen LogP contribution < -0.4 is 20.1 Å². The zero-order valence-corrected chi connectivity index (χ0v) is 16.7. The molecule has 0 spiro atoms. The number of hydrogen-bond donors (Lipinski definition) is 3. The summed E-state index contributed by atoms with van der Waals surface area (Å²) in [5.74, 6) is 1.25. The summed E-state index contributed by atoms with van der Waals surface area (Å²) >= 11 is 0. The molecule has 1 amide bonds. The molecule has 4 rings (SSSR count). The largest absolute Gasteiger partial charge is 0.504 e. The first-order chi connectivity index (χ1) is 14.5. The molecule has 0 aliphatic carbocycles. The number of amides is 1. The van der Waals surface area contributed by atoms with E-state index in [0.717, 1.165) is 5.56 Å². The van der Waals surface area contributed by atoms with Crippen molar-refractivity contribution in [2.24, 2.45) is 0 Å². The van der Waals surface area contributed by atoms with Gasteiger partial charge in [0, 0.05) is 11.4 Å². The standard InChI is InChI=1S/C21H21N5O4/c1-12-18(20(28)25-14-5-7-15(29-2)8-6-14)19(26-21(24-12)22-11-23-26)13-4-9-16(27)17(10-13)30-3/h4-11,19,27H,1-3H3,(H,25,28)(H,22,23,24)/t19-/m0/s1. The smallest absolute Gasteiger partial charge is 0.255 e. The third-order valence-corrected chi connectivity index (χ3v) is 4.91. The van der Waals surface area contributed by atoms with Crippen LogP contribution in [-0.4, -0.2) is 40.0 Å². The molecular weight excluding hydrogens is 386 g/mol. The molecule has 9 nitrogen and oxygen atoms in total. The van der Waals surface area contributed by atoms with E-state index in [0.29, 0.717) is 34.4 Å². The molecule has 0 unspecified atom stereocenters. The zero-order valence-electron chi connectivity index (χ0n) is 16.7. The fourth-order valence-electron chi connectivity index (χ4n) is 3.43. The highest BCUT2D eigenvalue weighted by atomic mass is 16.5. The number of nitrogens with zero attached hydrogens (tertiary/aromatic N) is 3. The molecule has 1 aromatic heterocycles. The van der Waals surface area contributed by atoms with Crippen molar-refractivity contribution in [1.29, 1.82) is 0 Å². The molecule has 3 N–H and O–H groups in total. The number of hydrogen-bond acceptors (Lipinski definition) is 7. The fraction of sp³-hybridized carbons (Fsp3) is 0.190. The van der Waals surface area contributed by atoms with Gasteiger partial charge in [-0.05, 0) is 48.9 Å². The first-order valence-electron chi connectivity index (χ1n) is 9.21. The number of phenolic OH excluding ortho intramolecular Hbond substituents is 1. The molecule has 0 bridgehead atoms. The highest BCUT2D eigenvalue weighted by Crippen LogP contribution is 2.38. The van der Waals surface area contributed by atoms with Crippen LogP contribution in [-0.2, 0) is 4.79 Å². The number of rotatable bonds is 5. The van der Waals surface area contributed by atoms with Crippen molar-refractivity contribution in [2.75, 3.05) is 24.9 Å². The lowest BCUT2D eigenvalue weighted by Gasteiger charge is -2.29. The van der Waals surface area contributed by atoms with E-state index in [9.17, 15) is 9.90 Å². The molecule has 1 atom stereocenters. The van der Waals surface area contributed by atoms with E-state index in [-0.39, 0.29) is 11.7 Å². The second-order valence-corrected chi connectivity index (χ2v) is 6.71. The molecule has 2 heterocycles. The molecule has 2 aromatic carbocycles. The third-order valence-electron chi connectivity index (χ3n) is 4.91. The molecule has 0 saturated carbocycles.